The van der Waals surface area contributed by atoms with Crippen LogP contribution in [0.3, 0.4) is 0 Å². The summed E-state index contributed by atoms with van der Waals surface area (Å²) in [5.74, 6) is 0.0297. The molecule has 1 aliphatic rings. The van der Waals surface area contributed by atoms with E-state index in [1.807, 2.05) is 25.1 Å². The van der Waals surface area contributed by atoms with Crippen molar-refractivity contribution in [1.29, 1.82) is 0 Å². The number of hydrogen-bond acceptors (Lipinski definition) is 4. The van der Waals surface area contributed by atoms with E-state index in [1.54, 1.807) is 22.5 Å². The molecule has 1 heterocycles. The molecule has 0 spiro atoms. The zero-order valence-corrected chi connectivity index (χ0v) is 12.9. The van der Waals surface area contributed by atoms with Gasteiger partial charge in [0.1, 0.15) is 0 Å². The number of nitrogens with two attached hydrogens (primary N) is 1. The molecule has 2 N–H and O–H groups in total. The maximum Gasteiger partial charge on any atom is 0.218 e. The number of sulfonamides is 1. The SMILES string of the molecule is CN(C)CC1CCCN1S(=O)(=O)Cc1cccc(N)c1. The summed E-state index contributed by atoms with van der Waals surface area (Å²) in [6.45, 7) is 1.40. The van der Waals surface area contributed by atoms with E-state index in [-0.39, 0.29) is 11.8 Å². The van der Waals surface area contributed by atoms with Gasteiger partial charge in [-0.15, -0.1) is 0 Å². The van der Waals surface area contributed by atoms with Crippen LogP contribution in [-0.2, 0) is 15.8 Å². The summed E-state index contributed by atoms with van der Waals surface area (Å²) in [6.07, 6.45) is 1.88. The second kappa shape index (κ2) is 6.11. The van der Waals surface area contributed by atoms with Gasteiger partial charge in [-0.3, -0.25) is 0 Å². The number of nitrogen functional groups attached to an aromatic ring is 1. The van der Waals surface area contributed by atoms with Crippen LogP contribution < -0.4 is 5.73 Å². The van der Waals surface area contributed by atoms with E-state index in [0.29, 0.717) is 12.2 Å². The molecule has 1 aromatic carbocycles. The second-order valence-electron chi connectivity index (χ2n) is 5.67. The van der Waals surface area contributed by atoms with Gasteiger partial charge in [-0.05, 0) is 44.6 Å². The number of rotatable bonds is 5. The van der Waals surface area contributed by atoms with E-state index in [9.17, 15) is 8.42 Å². The third kappa shape index (κ3) is 3.71. The number of nitrogens with zero attached hydrogens (tertiary/aromatic N) is 2. The zero-order chi connectivity index (χ0) is 14.8. The molecule has 0 bridgehead atoms. The highest BCUT2D eigenvalue weighted by Crippen LogP contribution is 2.24. The van der Waals surface area contributed by atoms with Crippen LogP contribution in [0.2, 0.25) is 0 Å². The largest absolute Gasteiger partial charge is 0.399 e. The number of hydrogen-bond donors (Lipinski definition) is 1. The molecule has 112 valence electrons. The van der Waals surface area contributed by atoms with Gasteiger partial charge in [0.15, 0.2) is 0 Å². The van der Waals surface area contributed by atoms with Gasteiger partial charge in [-0.2, -0.15) is 4.31 Å². The summed E-state index contributed by atoms with van der Waals surface area (Å²) in [4.78, 5) is 2.04. The van der Waals surface area contributed by atoms with Crippen molar-refractivity contribution in [1.82, 2.24) is 9.21 Å². The van der Waals surface area contributed by atoms with Gasteiger partial charge in [0.25, 0.3) is 0 Å². The molecule has 0 amide bonds. The normalized spacial score (nSPS) is 20.6. The molecule has 1 unspecified atom stereocenters. The van der Waals surface area contributed by atoms with E-state index >= 15 is 0 Å². The Kier molecular flexibility index (Phi) is 4.67. The second-order valence-corrected chi connectivity index (χ2v) is 7.59. The Balaban J connectivity index is 2.13. The van der Waals surface area contributed by atoms with Gasteiger partial charge in [-0.1, -0.05) is 12.1 Å². The Bertz CT molecular complexity index is 557. The third-order valence-corrected chi connectivity index (χ3v) is 5.45. The molecule has 6 heteroatoms. The van der Waals surface area contributed by atoms with Crippen molar-refractivity contribution >= 4 is 15.7 Å². The molecule has 1 aromatic rings. The van der Waals surface area contributed by atoms with Crippen molar-refractivity contribution in [2.24, 2.45) is 0 Å². The average molecular weight is 297 g/mol. The van der Waals surface area contributed by atoms with Crippen molar-refractivity contribution in [3.05, 3.63) is 29.8 Å². The first-order valence-corrected chi connectivity index (χ1v) is 8.48. The molecule has 2 rings (SSSR count). The minimum atomic E-state index is -3.27. The number of benzene rings is 1. The number of likely N-dealkylation sites (N-methyl/N-ethyl adjacent to an activating group) is 1. The summed E-state index contributed by atoms with van der Waals surface area (Å²) < 4.78 is 26.8. The van der Waals surface area contributed by atoms with Crippen LogP contribution in [0.25, 0.3) is 0 Å². The lowest BCUT2D eigenvalue weighted by Gasteiger charge is -2.26. The van der Waals surface area contributed by atoms with Crippen molar-refractivity contribution in [3.8, 4) is 0 Å². The monoisotopic (exact) mass is 297 g/mol. The minimum absolute atomic E-state index is 0.0297. The molecule has 1 fully saturated rings. The van der Waals surface area contributed by atoms with Crippen LogP contribution >= 0.6 is 0 Å². The minimum Gasteiger partial charge on any atom is -0.399 e. The van der Waals surface area contributed by atoms with Crippen LogP contribution in [0.1, 0.15) is 18.4 Å². The van der Waals surface area contributed by atoms with Crippen LogP contribution in [-0.4, -0.2) is 50.8 Å². The predicted octanol–water partition coefficient (Wildman–Crippen LogP) is 1.12. The van der Waals surface area contributed by atoms with Crippen LogP contribution in [0.15, 0.2) is 24.3 Å². The molecule has 0 radical (unpaired) electrons. The van der Waals surface area contributed by atoms with Gasteiger partial charge in [0, 0.05) is 24.8 Å². The fraction of sp³-hybridized carbons (Fsp3) is 0.571. The van der Waals surface area contributed by atoms with Crippen molar-refractivity contribution in [3.63, 3.8) is 0 Å². The first-order chi connectivity index (χ1) is 9.38. The molecule has 5 nitrogen and oxygen atoms in total. The first kappa shape index (κ1) is 15.3. The summed E-state index contributed by atoms with van der Waals surface area (Å²) >= 11 is 0. The maximum absolute atomic E-state index is 12.6. The molecule has 0 saturated carbocycles. The molecule has 1 saturated heterocycles. The summed E-state index contributed by atoms with van der Waals surface area (Å²) in [5.41, 5.74) is 7.06. The molecule has 0 aliphatic carbocycles. The lowest BCUT2D eigenvalue weighted by atomic mass is 10.2. The Morgan fingerprint density at radius 3 is 2.80 bits per heavy atom. The van der Waals surface area contributed by atoms with Crippen molar-refractivity contribution in [2.75, 3.05) is 32.9 Å². The maximum atomic E-state index is 12.6. The molecule has 0 aromatic heterocycles. The zero-order valence-electron chi connectivity index (χ0n) is 12.1. The summed E-state index contributed by atoms with van der Waals surface area (Å²) in [7, 11) is 0.673. The van der Waals surface area contributed by atoms with Gasteiger partial charge in [0.2, 0.25) is 10.0 Å². The topological polar surface area (TPSA) is 66.6 Å². The van der Waals surface area contributed by atoms with Crippen molar-refractivity contribution < 1.29 is 8.42 Å². The average Bonchev–Trinajstić information content (AvgIpc) is 2.76. The van der Waals surface area contributed by atoms with Crippen LogP contribution in [0, 0.1) is 0 Å². The fourth-order valence-corrected chi connectivity index (χ4v) is 4.56. The van der Waals surface area contributed by atoms with Crippen LogP contribution in [0.5, 0.6) is 0 Å². The van der Waals surface area contributed by atoms with Crippen molar-refractivity contribution in [2.45, 2.75) is 24.6 Å². The molecule has 1 atom stereocenters. The Morgan fingerprint density at radius 1 is 1.40 bits per heavy atom. The Hall–Kier alpha value is -1.11. The number of anilines is 1. The highest BCUT2D eigenvalue weighted by atomic mass is 32.2. The lowest BCUT2D eigenvalue weighted by molar-refractivity contribution is 0.291. The fourth-order valence-electron chi connectivity index (χ4n) is 2.76. The van der Waals surface area contributed by atoms with E-state index < -0.39 is 10.0 Å². The van der Waals surface area contributed by atoms with E-state index in [4.69, 9.17) is 5.73 Å². The van der Waals surface area contributed by atoms with E-state index in [2.05, 4.69) is 0 Å². The quantitative estimate of drug-likeness (QED) is 0.827. The molecule has 20 heavy (non-hydrogen) atoms. The van der Waals surface area contributed by atoms with E-state index in [0.717, 1.165) is 24.9 Å². The smallest absolute Gasteiger partial charge is 0.218 e. The Morgan fingerprint density at radius 2 is 2.15 bits per heavy atom. The van der Waals surface area contributed by atoms with E-state index in [1.165, 1.54) is 0 Å². The summed E-state index contributed by atoms with van der Waals surface area (Å²) in [6, 6.07) is 7.19. The highest BCUT2D eigenvalue weighted by Gasteiger charge is 2.34. The predicted molar refractivity (Wildman–Crippen MR) is 81.8 cm³/mol. The standard InChI is InChI=1S/C14H23N3O2S/c1-16(2)10-14-7-4-8-17(14)20(18,19)11-12-5-3-6-13(15)9-12/h3,5-6,9,14H,4,7-8,10-11,15H2,1-2H3. The molecular weight excluding hydrogens is 274 g/mol. The molecular formula is C14H23N3O2S. The Labute approximate surface area is 121 Å². The first-order valence-electron chi connectivity index (χ1n) is 6.87. The highest BCUT2D eigenvalue weighted by molar-refractivity contribution is 7.88. The lowest BCUT2D eigenvalue weighted by Crippen LogP contribution is -2.41. The molecule has 1 aliphatic heterocycles. The van der Waals surface area contributed by atoms with Gasteiger partial charge >= 0.3 is 0 Å². The van der Waals surface area contributed by atoms with Gasteiger partial charge in [-0.25, -0.2) is 8.42 Å². The third-order valence-electron chi connectivity index (χ3n) is 3.56. The van der Waals surface area contributed by atoms with Crippen LogP contribution in [0.4, 0.5) is 5.69 Å². The van der Waals surface area contributed by atoms with Gasteiger partial charge < -0.3 is 10.6 Å². The summed E-state index contributed by atoms with van der Waals surface area (Å²) in [5, 5.41) is 0. The van der Waals surface area contributed by atoms with Gasteiger partial charge in [0.05, 0.1) is 5.75 Å².